The number of carbonyl (C=O) groups is 1. The molecule has 4 heteroatoms. The number of aromatic amines is 1. The molecule has 0 aliphatic carbocycles. The van der Waals surface area contributed by atoms with E-state index in [2.05, 4.69) is 10.2 Å². The Kier molecular flexibility index (Phi) is 3.92. The molecule has 0 radical (unpaired) electrons. The summed E-state index contributed by atoms with van der Waals surface area (Å²) in [5.74, 6) is -0.316. The Balaban J connectivity index is 2.00. The molecule has 2 aromatic carbocycles. The lowest BCUT2D eigenvalue weighted by Gasteiger charge is -2.04. The van der Waals surface area contributed by atoms with E-state index >= 15 is 0 Å². The fourth-order valence-electron chi connectivity index (χ4n) is 2.26. The van der Waals surface area contributed by atoms with Gasteiger partial charge in [-0.05, 0) is 29.8 Å². The molecule has 0 fully saturated rings. The molecular formula is C18H13FN2O. The van der Waals surface area contributed by atoms with Crippen LogP contribution in [-0.4, -0.2) is 16.5 Å². The van der Waals surface area contributed by atoms with E-state index in [9.17, 15) is 9.18 Å². The maximum atomic E-state index is 13.1. The molecule has 0 bridgehead atoms. The van der Waals surface area contributed by atoms with Gasteiger partial charge in [-0.25, -0.2) is 4.39 Å². The van der Waals surface area contributed by atoms with E-state index in [0.717, 1.165) is 16.8 Å². The highest BCUT2D eigenvalue weighted by atomic mass is 19.1. The summed E-state index contributed by atoms with van der Waals surface area (Å²) >= 11 is 0. The average Bonchev–Trinajstić information content (AvgIpc) is 3.04. The van der Waals surface area contributed by atoms with Gasteiger partial charge in [0.15, 0.2) is 0 Å². The SMILES string of the molecule is O=CC=C(c1ccc(F)cc1)c1cc(-c2ccccc2)n[nH]1. The third-order valence-electron chi connectivity index (χ3n) is 3.33. The van der Waals surface area contributed by atoms with Crippen LogP contribution in [0.3, 0.4) is 0 Å². The van der Waals surface area contributed by atoms with Gasteiger partial charge >= 0.3 is 0 Å². The van der Waals surface area contributed by atoms with E-state index in [1.54, 1.807) is 12.1 Å². The van der Waals surface area contributed by atoms with Crippen molar-refractivity contribution in [1.82, 2.24) is 10.2 Å². The lowest BCUT2D eigenvalue weighted by Crippen LogP contribution is -1.90. The number of rotatable bonds is 4. The van der Waals surface area contributed by atoms with Gasteiger partial charge in [0.2, 0.25) is 0 Å². The molecule has 0 amide bonds. The Morgan fingerprint density at radius 3 is 2.45 bits per heavy atom. The highest BCUT2D eigenvalue weighted by Gasteiger charge is 2.10. The largest absolute Gasteiger partial charge is 0.299 e. The Labute approximate surface area is 127 Å². The van der Waals surface area contributed by atoms with Gasteiger partial charge in [-0.15, -0.1) is 0 Å². The standard InChI is InChI=1S/C18H13FN2O/c19-15-8-6-13(7-9-15)16(10-11-22)18-12-17(20-21-18)14-4-2-1-3-5-14/h1-12H,(H,20,21). The number of aldehydes is 1. The maximum Gasteiger partial charge on any atom is 0.143 e. The summed E-state index contributed by atoms with van der Waals surface area (Å²) in [7, 11) is 0. The van der Waals surface area contributed by atoms with Crippen molar-refractivity contribution in [3.63, 3.8) is 0 Å². The third-order valence-corrected chi connectivity index (χ3v) is 3.33. The van der Waals surface area contributed by atoms with E-state index in [1.807, 2.05) is 36.4 Å². The van der Waals surface area contributed by atoms with Crippen molar-refractivity contribution in [1.29, 1.82) is 0 Å². The maximum absolute atomic E-state index is 13.1. The minimum Gasteiger partial charge on any atom is -0.299 e. The van der Waals surface area contributed by atoms with Gasteiger partial charge in [0.25, 0.3) is 0 Å². The first-order chi connectivity index (χ1) is 10.8. The molecule has 0 saturated heterocycles. The third kappa shape index (κ3) is 2.86. The quantitative estimate of drug-likeness (QED) is 0.586. The first kappa shape index (κ1) is 13.9. The van der Waals surface area contributed by atoms with Crippen LogP contribution in [0.5, 0.6) is 0 Å². The minimum atomic E-state index is -0.316. The smallest absolute Gasteiger partial charge is 0.143 e. The first-order valence-electron chi connectivity index (χ1n) is 6.80. The van der Waals surface area contributed by atoms with Crippen molar-refractivity contribution >= 4 is 11.9 Å². The molecule has 0 atom stereocenters. The molecule has 3 nitrogen and oxygen atoms in total. The van der Waals surface area contributed by atoms with Crippen LogP contribution < -0.4 is 0 Å². The molecule has 3 aromatic rings. The highest BCUT2D eigenvalue weighted by Crippen LogP contribution is 2.25. The second-order valence-corrected chi connectivity index (χ2v) is 4.76. The Morgan fingerprint density at radius 1 is 1.05 bits per heavy atom. The van der Waals surface area contributed by atoms with Crippen LogP contribution in [0.15, 0.2) is 66.7 Å². The monoisotopic (exact) mass is 292 g/mol. The zero-order valence-corrected chi connectivity index (χ0v) is 11.7. The fourth-order valence-corrected chi connectivity index (χ4v) is 2.26. The molecule has 0 saturated carbocycles. The van der Waals surface area contributed by atoms with Crippen molar-refractivity contribution in [3.8, 4) is 11.3 Å². The van der Waals surface area contributed by atoms with Gasteiger partial charge in [0.05, 0.1) is 11.4 Å². The zero-order valence-electron chi connectivity index (χ0n) is 11.7. The minimum absolute atomic E-state index is 0.316. The summed E-state index contributed by atoms with van der Waals surface area (Å²) in [5, 5.41) is 7.21. The van der Waals surface area contributed by atoms with Crippen LogP contribution in [0.2, 0.25) is 0 Å². The number of nitrogens with zero attached hydrogens (tertiary/aromatic N) is 1. The van der Waals surface area contributed by atoms with E-state index in [1.165, 1.54) is 18.2 Å². The second kappa shape index (κ2) is 6.18. The van der Waals surface area contributed by atoms with Gasteiger partial charge in [-0.3, -0.25) is 9.89 Å². The number of halogens is 1. The summed E-state index contributed by atoms with van der Waals surface area (Å²) in [6.07, 6.45) is 2.15. The Morgan fingerprint density at radius 2 is 1.77 bits per heavy atom. The van der Waals surface area contributed by atoms with Crippen molar-refractivity contribution in [3.05, 3.63) is 83.8 Å². The number of benzene rings is 2. The van der Waals surface area contributed by atoms with E-state index in [0.29, 0.717) is 17.6 Å². The van der Waals surface area contributed by atoms with Gasteiger partial charge in [0, 0.05) is 11.1 Å². The van der Waals surface area contributed by atoms with E-state index < -0.39 is 0 Å². The molecule has 108 valence electrons. The van der Waals surface area contributed by atoms with Crippen LogP contribution in [-0.2, 0) is 4.79 Å². The van der Waals surface area contributed by atoms with Crippen molar-refractivity contribution in [2.45, 2.75) is 0 Å². The van der Waals surface area contributed by atoms with Crippen molar-refractivity contribution in [2.24, 2.45) is 0 Å². The summed E-state index contributed by atoms with van der Waals surface area (Å²) in [6.45, 7) is 0. The number of nitrogens with one attached hydrogen (secondary N) is 1. The van der Waals surface area contributed by atoms with Crippen LogP contribution >= 0.6 is 0 Å². The topological polar surface area (TPSA) is 45.8 Å². The van der Waals surface area contributed by atoms with Crippen LogP contribution in [0.25, 0.3) is 16.8 Å². The number of hydrogen-bond acceptors (Lipinski definition) is 2. The summed E-state index contributed by atoms with van der Waals surface area (Å²) < 4.78 is 13.1. The normalized spacial score (nSPS) is 11.4. The van der Waals surface area contributed by atoms with Crippen molar-refractivity contribution < 1.29 is 9.18 Å². The first-order valence-corrected chi connectivity index (χ1v) is 6.80. The number of aromatic nitrogens is 2. The predicted molar refractivity (Wildman–Crippen MR) is 83.6 cm³/mol. The molecule has 0 aliphatic heterocycles. The summed E-state index contributed by atoms with van der Waals surface area (Å²) in [5.41, 5.74) is 3.89. The van der Waals surface area contributed by atoms with Gasteiger partial charge < -0.3 is 0 Å². The molecule has 0 unspecified atom stereocenters. The Bertz CT molecular complexity index is 805. The van der Waals surface area contributed by atoms with Crippen LogP contribution in [0.4, 0.5) is 4.39 Å². The molecule has 1 N–H and O–H groups in total. The molecule has 0 spiro atoms. The van der Waals surface area contributed by atoms with Gasteiger partial charge in [0.1, 0.15) is 12.1 Å². The summed E-state index contributed by atoms with van der Waals surface area (Å²) in [4.78, 5) is 10.9. The molecule has 22 heavy (non-hydrogen) atoms. The molecular weight excluding hydrogens is 279 g/mol. The number of hydrogen-bond donors (Lipinski definition) is 1. The zero-order chi connectivity index (χ0) is 15.4. The predicted octanol–water partition coefficient (Wildman–Crippen LogP) is 3.85. The van der Waals surface area contributed by atoms with E-state index in [4.69, 9.17) is 0 Å². The molecule has 3 rings (SSSR count). The average molecular weight is 292 g/mol. The van der Waals surface area contributed by atoms with Crippen LogP contribution in [0.1, 0.15) is 11.3 Å². The fraction of sp³-hybridized carbons (Fsp3) is 0. The lowest BCUT2D eigenvalue weighted by atomic mass is 10.0. The second-order valence-electron chi connectivity index (χ2n) is 4.76. The summed E-state index contributed by atoms with van der Waals surface area (Å²) in [6, 6.07) is 17.6. The lowest BCUT2D eigenvalue weighted by molar-refractivity contribution is -0.104. The number of carbonyl (C=O) groups excluding carboxylic acids is 1. The molecule has 1 heterocycles. The molecule has 1 aromatic heterocycles. The van der Waals surface area contributed by atoms with Gasteiger partial charge in [-0.2, -0.15) is 5.10 Å². The number of H-pyrrole nitrogens is 1. The number of allylic oxidation sites excluding steroid dienone is 1. The van der Waals surface area contributed by atoms with E-state index in [-0.39, 0.29) is 5.82 Å². The van der Waals surface area contributed by atoms with Crippen molar-refractivity contribution in [2.75, 3.05) is 0 Å². The highest BCUT2D eigenvalue weighted by molar-refractivity contribution is 5.89. The van der Waals surface area contributed by atoms with Crippen LogP contribution in [0, 0.1) is 5.82 Å². The van der Waals surface area contributed by atoms with Gasteiger partial charge in [-0.1, -0.05) is 42.5 Å². The Hall–Kier alpha value is -3.01. The molecule has 0 aliphatic rings.